The Morgan fingerprint density at radius 2 is 1.83 bits per heavy atom. The van der Waals surface area contributed by atoms with Crippen molar-refractivity contribution >= 4 is 23.5 Å². The summed E-state index contributed by atoms with van der Waals surface area (Å²) in [4.78, 5) is 35.8. The van der Waals surface area contributed by atoms with E-state index in [0.29, 0.717) is 22.9 Å². The van der Waals surface area contributed by atoms with Crippen molar-refractivity contribution in [2.75, 3.05) is 32.2 Å². The molecule has 2 aromatic rings. The van der Waals surface area contributed by atoms with Crippen LogP contribution < -0.4 is 24.8 Å². The number of carbonyl (C=O) groups is 3. The van der Waals surface area contributed by atoms with Crippen molar-refractivity contribution in [2.24, 2.45) is 0 Å². The lowest BCUT2D eigenvalue weighted by Gasteiger charge is -2.25. The van der Waals surface area contributed by atoms with Crippen LogP contribution in [0, 0.1) is 0 Å². The van der Waals surface area contributed by atoms with Crippen LogP contribution in [-0.2, 0) is 19.1 Å². The number of esters is 1. The van der Waals surface area contributed by atoms with Crippen LogP contribution in [0.5, 0.6) is 17.2 Å². The van der Waals surface area contributed by atoms with E-state index in [1.165, 1.54) is 0 Å². The highest BCUT2D eigenvalue weighted by Crippen LogP contribution is 2.29. The Morgan fingerprint density at radius 1 is 1.10 bits per heavy atom. The van der Waals surface area contributed by atoms with Gasteiger partial charge in [-0.1, -0.05) is 24.3 Å². The number of benzene rings is 2. The molecular weight excluding hydrogens is 392 g/mol. The maximum atomic E-state index is 12.0. The number of methoxy groups -OCH3 is 1. The molecule has 2 aromatic carbocycles. The molecule has 0 bridgehead atoms. The van der Waals surface area contributed by atoms with Crippen LogP contribution in [0.3, 0.4) is 0 Å². The number of para-hydroxylation sites is 4. The van der Waals surface area contributed by atoms with Gasteiger partial charge in [-0.05, 0) is 24.3 Å². The number of hydrogen-bond acceptors (Lipinski definition) is 7. The summed E-state index contributed by atoms with van der Waals surface area (Å²) in [6.45, 7) is -0.0205. The first-order chi connectivity index (χ1) is 14.6. The van der Waals surface area contributed by atoms with Crippen LogP contribution in [0.1, 0.15) is 6.42 Å². The largest absolute Gasteiger partial charge is 0.493 e. The number of anilines is 1. The van der Waals surface area contributed by atoms with Gasteiger partial charge in [-0.15, -0.1) is 0 Å². The Balaban J connectivity index is 1.35. The molecule has 1 aliphatic rings. The second-order valence-corrected chi connectivity index (χ2v) is 6.31. The minimum absolute atomic E-state index is 0.218. The number of hydrogen-bond donors (Lipinski definition) is 2. The van der Waals surface area contributed by atoms with Crippen molar-refractivity contribution in [3.05, 3.63) is 48.5 Å². The van der Waals surface area contributed by atoms with Crippen molar-refractivity contribution in [3.8, 4) is 17.2 Å². The van der Waals surface area contributed by atoms with Crippen LogP contribution in [0.2, 0.25) is 0 Å². The standard InChI is InChI=1S/C21H22N2O7/c1-27-16-8-4-5-9-17(16)28-11-10-22-19(24)13-29-20(25)12-18-21(26)23-14-6-2-3-7-15(14)30-18/h2-9,18H,10-13H2,1H3,(H,22,24)(H,23,26)/t18-/m0/s1. The molecule has 0 unspecified atom stereocenters. The molecule has 0 saturated carbocycles. The maximum absolute atomic E-state index is 12.0. The van der Waals surface area contributed by atoms with Crippen molar-refractivity contribution in [1.82, 2.24) is 5.32 Å². The van der Waals surface area contributed by atoms with Gasteiger partial charge in [-0.2, -0.15) is 0 Å². The van der Waals surface area contributed by atoms with E-state index >= 15 is 0 Å². The van der Waals surface area contributed by atoms with E-state index in [2.05, 4.69) is 10.6 Å². The molecule has 0 spiro atoms. The summed E-state index contributed by atoms with van der Waals surface area (Å²) in [5, 5.41) is 5.24. The maximum Gasteiger partial charge on any atom is 0.310 e. The van der Waals surface area contributed by atoms with E-state index in [1.54, 1.807) is 43.5 Å². The topological polar surface area (TPSA) is 112 Å². The fourth-order valence-corrected chi connectivity index (χ4v) is 2.72. The van der Waals surface area contributed by atoms with Crippen molar-refractivity contribution in [3.63, 3.8) is 0 Å². The smallest absolute Gasteiger partial charge is 0.310 e. The van der Waals surface area contributed by atoms with Gasteiger partial charge in [0.15, 0.2) is 24.2 Å². The minimum atomic E-state index is -1.01. The Labute approximate surface area is 173 Å². The minimum Gasteiger partial charge on any atom is -0.493 e. The quantitative estimate of drug-likeness (QED) is 0.473. The second kappa shape index (κ2) is 10.1. The van der Waals surface area contributed by atoms with Crippen LogP contribution in [0.25, 0.3) is 0 Å². The van der Waals surface area contributed by atoms with Gasteiger partial charge in [0, 0.05) is 0 Å². The summed E-state index contributed by atoms with van der Waals surface area (Å²) >= 11 is 0. The number of rotatable bonds is 9. The third kappa shape index (κ3) is 5.63. The zero-order valence-corrected chi connectivity index (χ0v) is 16.4. The van der Waals surface area contributed by atoms with Crippen LogP contribution in [-0.4, -0.2) is 50.8 Å². The molecule has 0 fully saturated rings. The number of nitrogens with one attached hydrogen (secondary N) is 2. The van der Waals surface area contributed by atoms with Crippen LogP contribution >= 0.6 is 0 Å². The molecule has 0 aliphatic carbocycles. The molecule has 1 heterocycles. The lowest BCUT2D eigenvalue weighted by atomic mass is 10.1. The molecule has 0 aromatic heterocycles. The zero-order valence-electron chi connectivity index (χ0n) is 16.4. The van der Waals surface area contributed by atoms with Gasteiger partial charge in [0.1, 0.15) is 12.4 Å². The lowest BCUT2D eigenvalue weighted by Crippen LogP contribution is -2.39. The SMILES string of the molecule is COc1ccccc1OCCNC(=O)COC(=O)C[C@@H]1Oc2ccccc2NC1=O. The highest BCUT2D eigenvalue weighted by molar-refractivity contribution is 5.99. The van der Waals surface area contributed by atoms with Gasteiger partial charge in [-0.25, -0.2) is 0 Å². The zero-order chi connectivity index (χ0) is 21.3. The average Bonchev–Trinajstić information content (AvgIpc) is 2.76. The first-order valence-electron chi connectivity index (χ1n) is 9.31. The number of carbonyl (C=O) groups excluding carboxylic acids is 3. The van der Waals surface area contributed by atoms with Gasteiger partial charge in [-0.3, -0.25) is 14.4 Å². The van der Waals surface area contributed by atoms with Gasteiger partial charge < -0.3 is 29.6 Å². The van der Waals surface area contributed by atoms with Crippen LogP contribution in [0.15, 0.2) is 48.5 Å². The fraction of sp³-hybridized carbons (Fsp3) is 0.286. The van der Waals surface area contributed by atoms with E-state index in [-0.39, 0.29) is 19.6 Å². The number of amides is 2. The molecule has 0 radical (unpaired) electrons. The molecular formula is C21H22N2O7. The molecule has 3 rings (SSSR count). The Kier molecular flexibility index (Phi) is 7.09. The normalized spacial score (nSPS) is 14.6. The van der Waals surface area contributed by atoms with E-state index in [0.717, 1.165) is 0 Å². The van der Waals surface area contributed by atoms with Crippen molar-refractivity contribution in [1.29, 1.82) is 0 Å². The van der Waals surface area contributed by atoms with E-state index in [1.807, 2.05) is 12.1 Å². The second-order valence-electron chi connectivity index (χ2n) is 6.31. The van der Waals surface area contributed by atoms with Crippen molar-refractivity contribution < 1.29 is 33.3 Å². The van der Waals surface area contributed by atoms with E-state index < -0.39 is 30.5 Å². The predicted octanol–water partition coefficient (Wildman–Crippen LogP) is 1.52. The third-order valence-corrected chi connectivity index (χ3v) is 4.17. The molecule has 30 heavy (non-hydrogen) atoms. The average molecular weight is 414 g/mol. The summed E-state index contributed by atoms with van der Waals surface area (Å²) < 4.78 is 21.2. The van der Waals surface area contributed by atoms with E-state index in [4.69, 9.17) is 18.9 Å². The summed E-state index contributed by atoms with van der Waals surface area (Å²) in [7, 11) is 1.54. The molecule has 2 N–H and O–H groups in total. The Morgan fingerprint density at radius 3 is 2.63 bits per heavy atom. The molecule has 9 nitrogen and oxygen atoms in total. The highest BCUT2D eigenvalue weighted by atomic mass is 16.5. The first-order valence-corrected chi connectivity index (χ1v) is 9.31. The molecule has 1 atom stereocenters. The van der Waals surface area contributed by atoms with Gasteiger partial charge in [0.2, 0.25) is 0 Å². The lowest BCUT2D eigenvalue weighted by molar-refractivity contribution is -0.151. The molecule has 2 amide bonds. The van der Waals surface area contributed by atoms with Gasteiger partial charge in [0.25, 0.3) is 11.8 Å². The van der Waals surface area contributed by atoms with Gasteiger partial charge in [0.05, 0.1) is 25.8 Å². The summed E-state index contributed by atoms with van der Waals surface area (Å²) in [6.07, 6.45) is -1.31. The monoisotopic (exact) mass is 414 g/mol. The molecule has 0 saturated heterocycles. The highest BCUT2D eigenvalue weighted by Gasteiger charge is 2.30. The molecule has 158 valence electrons. The van der Waals surface area contributed by atoms with Crippen molar-refractivity contribution in [2.45, 2.75) is 12.5 Å². The Bertz CT molecular complexity index is 916. The summed E-state index contributed by atoms with van der Waals surface area (Å²) in [5.74, 6) is -0.00470. The third-order valence-electron chi connectivity index (χ3n) is 4.17. The fourth-order valence-electron chi connectivity index (χ4n) is 2.72. The number of ether oxygens (including phenoxy) is 4. The Hall–Kier alpha value is -3.75. The summed E-state index contributed by atoms with van der Waals surface area (Å²) in [6, 6.07) is 14.1. The van der Waals surface area contributed by atoms with Gasteiger partial charge >= 0.3 is 5.97 Å². The summed E-state index contributed by atoms with van der Waals surface area (Å²) in [5.41, 5.74) is 0.543. The first kappa shape index (κ1) is 21.0. The van der Waals surface area contributed by atoms with Crippen LogP contribution in [0.4, 0.5) is 5.69 Å². The molecule has 9 heteroatoms. The predicted molar refractivity (Wildman–Crippen MR) is 107 cm³/mol. The van der Waals surface area contributed by atoms with E-state index in [9.17, 15) is 14.4 Å². The molecule has 1 aliphatic heterocycles. The number of fused-ring (bicyclic) bond motifs is 1.